The second kappa shape index (κ2) is 7.02. The Morgan fingerprint density at radius 3 is 2.29 bits per heavy atom. The van der Waals surface area contributed by atoms with E-state index in [4.69, 9.17) is 4.74 Å². The predicted molar refractivity (Wildman–Crippen MR) is 73.4 cm³/mol. The van der Waals surface area contributed by atoms with Gasteiger partial charge in [-0.25, -0.2) is 0 Å². The molecule has 0 unspecified atom stereocenters. The fraction of sp³-hybridized carbons (Fsp3) is 0.250. The molecule has 0 fully saturated rings. The number of ether oxygens (including phenoxy) is 2. The van der Waals surface area contributed by atoms with Crippen LogP contribution in [0.2, 0.25) is 0 Å². The number of alkyl halides is 3. The smallest absolute Gasteiger partial charge is 0.494 e. The molecule has 21 heavy (non-hydrogen) atoms. The third kappa shape index (κ3) is 5.77. The van der Waals surface area contributed by atoms with E-state index >= 15 is 0 Å². The predicted octanol–water partition coefficient (Wildman–Crippen LogP) is 4.60. The summed E-state index contributed by atoms with van der Waals surface area (Å²) in [6.07, 6.45) is -3.32. The molecule has 0 aliphatic rings. The lowest BCUT2D eigenvalue weighted by Crippen LogP contribution is -2.17. The van der Waals surface area contributed by atoms with Gasteiger partial charge < -0.3 is 9.47 Å². The number of benzene rings is 2. The summed E-state index contributed by atoms with van der Waals surface area (Å²) >= 11 is 0. The lowest BCUT2D eigenvalue weighted by Gasteiger charge is -2.10. The zero-order valence-electron chi connectivity index (χ0n) is 11.3. The van der Waals surface area contributed by atoms with Crippen LogP contribution in [0.5, 0.6) is 11.5 Å². The van der Waals surface area contributed by atoms with E-state index in [0.29, 0.717) is 19.4 Å². The van der Waals surface area contributed by atoms with Crippen molar-refractivity contribution in [2.24, 2.45) is 0 Å². The molecule has 0 aromatic heterocycles. The van der Waals surface area contributed by atoms with Crippen molar-refractivity contribution in [3.8, 4) is 11.5 Å². The van der Waals surface area contributed by atoms with Crippen molar-refractivity contribution < 1.29 is 22.6 Å². The highest BCUT2D eigenvalue weighted by Crippen LogP contribution is 2.23. The molecule has 0 spiro atoms. The lowest BCUT2D eigenvalue weighted by atomic mass is 10.1. The molecule has 0 N–H and O–H groups in total. The molecule has 5 heteroatoms. The monoisotopic (exact) mass is 296 g/mol. The van der Waals surface area contributed by atoms with Crippen molar-refractivity contribution in [3.63, 3.8) is 0 Å². The molecule has 2 nitrogen and oxygen atoms in total. The number of para-hydroxylation sites is 1. The van der Waals surface area contributed by atoms with E-state index in [2.05, 4.69) is 4.74 Å². The zero-order chi connectivity index (χ0) is 15.1. The van der Waals surface area contributed by atoms with E-state index in [9.17, 15) is 13.2 Å². The topological polar surface area (TPSA) is 18.5 Å². The maximum atomic E-state index is 12.1. The Morgan fingerprint density at radius 2 is 1.57 bits per heavy atom. The lowest BCUT2D eigenvalue weighted by molar-refractivity contribution is -0.274. The van der Waals surface area contributed by atoms with Crippen LogP contribution in [-0.2, 0) is 6.42 Å². The third-order valence-corrected chi connectivity index (χ3v) is 2.75. The molecular formula is C16H15F3O2. The summed E-state index contributed by atoms with van der Waals surface area (Å²) in [5, 5.41) is 0. The molecule has 0 aliphatic heterocycles. The molecule has 0 saturated heterocycles. The normalized spacial score (nSPS) is 11.2. The molecule has 112 valence electrons. The van der Waals surface area contributed by atoms with Crippen molar-refractivity contribution in [3.05, 3.63) is 60.2 Å². The maximum absolute atomic E-state index is 12.1. The first kappa shape index (κ1) is 15.2. The molecule has 0 heterocycles. The Kier molecular flexibility index (Phi) is 5.09. The minimum atomic E-state index is -4.66. The van der Waals surface area contributed by atoms with Crippen LogP contribution in [0.25, 0.3) is 0 Å². The Morgan fingerprint density at radius 1 is 0.857 bits per heavy atom. The minimum Gasteiger partial charge on any atom is -0.494 e. The van der Waals surface area contributed by atoms with Crippen LogP contribution in [0.3, 0.4) is 0 Å². The second-order valence-electron chi connectivity index (χ2n) is 4.46. The first-order chi connectivity index (χ1) is 10.0. The first-order valence-corrected chi connectivity index (χ1v) is 6.55. The van der Waals surface area contributed by atoms with Gasteiger partial charge in [-0.15, -0.1) is 13.2 Å². The summed E-state index contributed by atoms with van der Waals surface area (Å²) < 4.78 is 45.8. The van der Waals surface area contributed by atoms with E-state index in [-0.39, 0.29) is 5.75 Å². The largest absolute Gasteiger partial charge is 0.573 e. The van der Waals surface area contributed by atoms with E-state index in [1.165, 1.54) is 12.1 Å². The Bertz CT molecular complexity index is 553. The van der Waals surface area contributed by atoms with Gasteiger partial charge in [0.1, 0.15) is 11.5 Å². The molecule has 2 aromatic rings. The van der Waals surface area contributed by atoms with Crippen LogP contribution in [0.15, 0.2) is 54.6 Å². The fourth-order valence-corrected chi connectivity index (χ4v) is 1.88. The van der Waals surface area contributed by atoms with Gasteiger partial charge in [0.25, 0.3) is 0 Å². The number of hydrogen-bond donors (Lipinski definition) is 0. The Hall–Kier alpha value is -2.17. The molecule has 0 atom stereocenters. The molecule has 0 radical (unpaired) electrons. The molecule has 0 aliphatic carbocycles. The summed E-state index contributed by atoms with van der Waals surface area (Å²) in [7, 11) is 0. The quantitative estimate of drug-likeness (QED) is 0.725. The van der Waals surface area contributed by atoms with Crippen molar-refractivity contribution in [1.29, 1.82) is 0 Å². The highest BCUT2D eigenvalue weighted by atomic mass is 19.4. The summed E-state index contributed by atoms with van der Waals surface area (Å²) in [5.41, 5.74) is 0.786. The van der Waals surface area contributed by atoms with Crippen molar-refractivity contribution in [2.45, 2.75) is 19.2 Å². The summed E-state index contributed by atoms with van der Waals surface area (Å²) in [4.78, 5) is 0. The average Bonchev–Trinajstić information content (AvgIpc) is 2.43. The van der Waals surface area contributed by atoms with Crippen molar-refractivity contribution >= 4 is 0 Å². The van der Waals surface area contributed by atoms with Gasteiger partial charge in [-0.2, -0.15) is 0 Å². The summed E-state index contributed by atoms with van der Waals surface area (Å²) in [6, 6.07) is 15.4. The van der Waals surface area contributed by atoms with Crippen LogP contribution >= 0.6 is 0 Å². The zero-order valence-corrected chi connectivity index (χ0v) is 11.3. The van der Waals surface area contributed by atoms with Gasteiger partial charge in [-0.3, -0.25) is 0 Å². The molecule has 0 saturated carbocycles. The van der Waals surface area contributed by atoms with Crippen molar-refractivity contribution in [1.82, 2.24) is 0 Å². The number of hydrogen-bond acceptors (Lipinski definition) is 2. The van der Waals surface area contributed by atoms with E-state index in [1.54, 1.807) is 12.1 Å². The SMILES string of the molecule is FC(F)(F)Oc1cccc(CCCOc2ccccc2)c1. The Balaban J connectivity index is 1.79. The van der Waals surface area contributed by atoms with Crippen LogP contribution < -0.4 is 9.47 Å². The highest BCUT2D eigenvalue weighted by molar-refractivity contribution is 5.28. The van der Waals surface area contributed by atoms with Gasteiger partial charge in [0.2, 0.25) is 0 Å². The second-order valence-corrected chi connectivity index (χ2v) is 4.46. The van der Waals surface area contributed by atoms with Crippen molar-refractivity contribution in [2.75, 3.05) is 6.61 Å². The minimum absolute atomic E-state index is 0.191. The standard InChI is InChI=1S/C16H15F3O2/c17-16(18,19)21-15-10-4-6-13(12-15)7-5-11-20-14-8-2-1-3-9-14/h1-4,6,8-10,12H,5,7,11H2. The van der Waals surface area contributed by atoms with E-state index < -0.39 is 6.36 Å². The first-order valence-electron chi connectivity index (χ1n) is 6.55. The molecular weight excluding hydrogens is 281 g/mol. The van der Waals surface area contributed by atoms with Gasteiger partial charge >= 0.3 is 6.36 Å². The third-order valence-electron chi connectivity index (χ3n) is 2.75. The average molecular weight is 296 g/mol. The van der Waals surface area contributed by atoms with Crippen LogP contribution in [0.4, 0.5) is 13.2 Å². The van der Waals surface area contributed by atoms with E-state index in [1.807, 2.05) is 30.3 Å². The molecule has 0 amide bonds. The van der Waals surface area contributed by atoms with Gasteiger partial charge in [-0.05, 0) is 42.7 Å². The number of aryl methyl sites for hydroxylation is 1. The van der Waals surface area contributed by atoms with Gasteiger partial charge in [0.05, 0.1) is 6.61 Å². The van der Waals surface area contributed by atoms with Gasteiger partial charge in [-0.1, -0.05) is 30.3 Å². The van der Waals surface area contributed by atoms with Crippen LogP contribution in [-0.4, -0.2) is 13.0 Å². The Labute approximate surface area is 121 Å². The van der Waals surface area contributed by atoms with Crippen LogP contribution in [0.1, 0.15) is 12.0 Å². The summed E-state index contributed by atoms with van der Waals surface area (Å²) in [5.74, 6) is 0.593. The fourth-order valence-electron chi connectivity index (χ4n) is 1.88. The number of halogens is 3. The number of rotatable bonds is 6. The van der Waals surface area contributed by atoms with E-state index in [0.717, 1.165) is 11.3 Å². The maximum Gasteiger partial charge on any atom is 0.573 e. The highest BCUT2D eigenvalue weighted by Gasteiger charge is 2.31. The summed E-state index contributed by atoms with van der Waals surface area (Å²) in [6.45, 7) is 0.508. The van der Waals surface area contributed by atoms with Crippen LogP contribution in [0, 0.1) is 0 Å². The molecule has 2 aromatic carbocycles. The molecule has 0 bridgehead atoms. The molecule has 2 rings (SSSR count). The van der Waals surface area contributed by atoms with Gasteiger partial charge in [0, 0.05) is 0 Å². The van der Waals surface area contributed by atoms with Gasteiger partial charge in [0.15, 0.2) is 0 Å².